The molecule has 2 aliphatic rings. The molecule has 2 aliphatic heterocycles. The maximum Gasteiger partial charge on any atom is 0.316 e. The van der Waals surface area contributed by atoms with Crippen LogP contribution in [0.3, 0.4) is 0 Å². The third kappa shape index (κ3) is 4.78. The third-order valence-corrected chi connectivity index (χ3v) is 6.44. The largest absolute Gasteiger partial charge is 0.359 e. The van der Waals surface area contributed by atoms with Crippen LogP contribution in [0.15, 0.2) is 18.2 Å². The fourth-order valence-electron chi connectivity index (χ4n) is 4.48. The molecule has 9 heteroatoms. The van der Waals surface area contributed by atoms with Gasteiger partial charge in [0.15, 0.2) is 0 Å². The lowest BCUT2D eigenvalue weighted by molar-refractivity contribution is -0.132. The molecule has 4 rings (SSSR count). The van der Waals surface area contributed by atoms with Crippen LogP contribution in [0.25, 0.3) is 11.6 Å². The Balaban J connectivity index is 1.53. The van der Waals surface area contributed by atoms with E-state index in [4.69, 9.17) is 5.73 Å². The molecular weight excluding hydrogens is 420 g/mol. The Kier molecular flexibility index (Phi) is 6.24. The molecule has 9 nitrogen and oxygen atoms in total. The van der Waals surface area contributed by atoms with Crippen LogP contribution in [-0.4, -0.2) is 65.9 Å². The van der Waals surface area contributed by atoms with Gasteiger partial charge in [-0.1, -0.05) is 0 Å². The minimum absolute atomic E-state index is 0.182. The van der Waals surface area contributed by atoms with E-state index in [1.807, 2.05) is 24.8 Å². The number of primary amides is 1. The quantitative estimate of drug-likeness (QED) is 0.522. The van der Waals surface area contributed by atoms with Gasteiger partial charge in [-0.2, -0.15) is 0 Å². The number of urea groups is 1. The van der Waals surface area contributed by atoms with E-state index < -0.39 is 6.03 Å². The number of H-pyrrole nitrogens is 1. The highest BCUT2D eigenvalue weighted by Crippen LogP contribution is 2.36. The minimum Gasteiger partial charge on any atom is -0.359 e. The summed E-state index contributed by atoms with van der Waals surface area (Å²) in [5.74, 6) is -0.0266. The number of carbonyl (C=O) groups is 3. The number of aromatic nitrogens is 1. The Hall–Kier alpha value is -3.59. The second-order valence-electron chi connectivity index (χ2n) is 8.71. The number of likely N-dealkylation sites (N-methyl/N-ethyl adjacent to an activating group) is 1. The fourth-order valence-corrected chi connectivity index (χ4v) is 4.48. The molecule has 0 atom stereocenters. The number of nitrogens with one attached hydrogen (secondary N) is 3. The SMILES string of the molecule is Cc1[nH]c(/C=C2\C(=O)Nc3ccc(NC(N)=O)cc32)c(C)c1CCC(=O)N1CCN(C)CC1. The predicted molar refractivity (Wildman–Crippen MR) is 129 cm³/mol. The van der Waals surface area contributed by atoms with Crippen LogP contribution in [0.2, 0.25) is 0 Å². The molecule has 0 unspecified atom stereocenters. The van der Waals surface area contributed by atoms with Crippen LogP contribution >= 0.6 is 0 Å². The summed E-state index contributed by atoms with van der Waals surface area (Å²) in [5.41, 5.74) is 11.6. The summed E-state index contributed by atoms with van der Waals surface area (Å²) in [4.78, 5) is 44.0. The number of rotatable bonds is 5. The summed E-state index contributed by atoms with van der Waals surface area (Å²) >= 11 is 0. The molecule has 2 aromatic rings. The number of aryl methyl sites for hydroxylation is 1. The van der Waals surface area contributed by atoms with Crippen molar-refractivity contribution in [2.75, 3.05) is 43.9 Å². The number of nitrogens with zero attached hydrogens (tertiary/aromatic N) is 2. The topological polar surface area (TPSA) is 124 Å². The number of amides is 4. The van der Waals surface area contributed by atoms with Gasteiger partial charge >= 0.3 is 6.03 Å². The standard InChI is InChI=1S/C24H30N6O3/c1-14-17(5-7-22(31)30-10-8-29(3)9-11-30)15(2)26-21(14)13-19-18-12-16(27-24(25)33)4-6-20(18)28-23(19)32/h4,6,12-13,26H,5,7-11H2,1-3H3,(H,28,32)(H3,25,27,33)/b19-13-. The number of hydrogen-bond acceptors (Lipinski definition) is 4. The van der Waals surface area contributed by atoms with Crippen molar-refractivity contribution < 1.29 is 14.4 Å². The summed E-state index contributed by atoms with van der Waals surface area (Å²) < 4.78 is 0. The molecule has 1 aromatic heterocycles. The summed E-state index contributed by atoms with van der Waals surface area (Å²) in [6.07, 6.45) is 2.94. The molecule has 0 bridgehead atoms. The van der Waals surface area contributed by atoms with E-state index in [1.165, 1.54) is 0 Å². The van der Waals surface area contributed by atoms with Crippen LogP contribution < -0.4 is 16.4 Å². The first kappa shape index (κ1) is 22.6. The number of nitrogens with two attached hydrogens (primary N) is 1. The van der Waals surface area contributed by atoms with Crippen molar-refractivity contribution in [1.29, 1.82) is 0 Å². The van der Waals surface area contributed by atoms with Crippen LogP contribution in [0, 0.1) is 13.8 Å². The molecule has 1 fully saturated rings. The van der Waals surface area contributed by atoms with Crippen LogP contribution in [0.5, 0.6) is 0 Å². The van der Waals surface area contributed by atoms with Crippen LogP contribution in [-0.2, 0) is 16.0 Å². The molecule has 1 aromatic carbocycles. The monoisotopic (exact) mass is 450 g/mol. The normalized spacial score (nSPS) is 17.2. The second-order valence-corrected chi connectivity index (χ2v) is 8.71. The van der Waals surface area contributed by atoms with Gasteiger partial charge in [0.2, 0.25) is 5.91 Å². The first-order valence-electron chi connectivity index (χ1n) is 11.1. The first-order chi connectivity index (χ1) is 15.7. The maximum absolute atomic E-state index is 12.7. The third-order valence-electron chi connectivity index (χ3n) is 6.44. The van der Waals surface area contributed by atoms with Gasteiger partial charge in [0.1, 0.15) is 0 Å². The van der Waals surface area contributed by atoms with E-state index in [-0.39, 0.29) is 11.8 Å². The highest BCUT2D eigenvalue weighted by atomic mass is 16.2. The van der Waals surface area contributed by atoms with Gasteiger partial charge in [-0.25, -0.2) is 4.79 Å². The van der Waals surface area contributed by atoms with Gasteiger partial charge in [-0.3, -0.25) is 9.59 Å². The second kappa shape index (κ2) is 9.11. The molecule has 0 radical (unpaired) electrons. The van der Waals surface area contributed by atoms with Gasteiger partial charge < -0.3 is 31.2 Å². The van der Waals surface area contributed by atoms with Gasteiger partial charge in [0.05, 0.1) is 5.57 Å². The molecule has 1 saturated heterocycles. The zero-order valence-corrected chi connectivity index (χ0v) is 19.2. The van der Waals surface area contributed by atoms with Crippen molar-refractivity contribution in [3.63, 3.8) is 0 Å². The van der Waals surface area contributed by atoms with Crippen molar-refractivity contribution in [1.82, 2.24) is 14.8 Å². The van der Waals surface area contributed by atoms with Crippen LogP contribution in [0.1, 0.15) is 34.5 Å². The van der Waals surface area contributed by atoms with Crippen molar-refractivity contribution in [2.45, 2.75) is 26.7 Å². The lowest BCUT2D eigenvalue weighted by Gasteiger charge is -2.32. The molecular formula is C24H30N6O3. The Bertz CT molecular complexity index is 1140. The molecule has 0 spiro atoms. The highest BCUT2D eigenvalue weighted by molar-refractivity contribution is 6.35. The molecule has 0 saturated carbocycles. The fraction of sp³-hybridized carbons (Fsp3) is 0.375. The van der Waals surface area contributed by atoms with Crippen molar-refractivity contribution >= 4 is 40.9 Å². The Labute approximate surface area is 193 Å². The van der Waals surface area contributed by atoms with Crippen LogP contribution in [0.4, 0.5) is 16.2 Å². The summed E-state index contributed by atoms with van der Waals surface area (Å²) in [6.45, 7) is 7.36. The molecule has 4 amide bonds. The van der Waals surface area contributed by atoms with Crippen molar-refractivity contribution in [3.05, 3.63) is 46.3 Å². The van der Waals surface area contributed by atoms with Gasteiger partial charge in [-0.05, 0) is 62.7 Å². The number of piperazine rings is 1. The molecule has 174 valence electrons. The van der Waals surface area contributed by atoms with Gasteiger partial charge in [0, 0.05) is 60.9 Å². The summed E-state index contributed by atoms with van der Waals surface area (Å²) in [7, 11) is 2.07. The number of benzene rings is 1. The van der Waals surface area contributed by atoms with Gasteiger partial charge in [-0.15, -0.1) is 0 Å². The highest BCUT2D eigenvalue weighted by Gasteiger charge is 2.26. The summed E-state index contributed by atoms with van der Waals surface area (Å²) in [5, 5.41) is 5.39. The van der Waals surface area contributed by atoms with E-state index in [1.54, 1.807) is 18.2 Å². The van der Waals surface area contributed by atoms with Crippen molar-refractivity contribution in [2.24, 2.45) is 5.73 Å². The molecule has 5 N–H and O–H groups in total. The number of fused-ring (bicyclic) bond motifs is 1. The lowest BCUT2D eigenvalue weighted by Crippen LogP contribution is -2.47. The lowest BCUT2D eigenvalue weighted by atomic mass is 10.0. The van der Waals surface area contributed by atoms with Crippen molar-refractivity contribution in [3.8, 4) is 0 Å². The Morgan fingerprint density at radius 1 is 1.18 bits per heavy atom. The zero-order valence-electron chi connectivity index (χ0n) is 19.2. The Morgan fingerprint density at radius 2 is 1.91 bits per heavy atom. The summed E-state index contributed by atoms with van der Waals surface area (Å²) in [6, 6.07) is 4.49. The first-order valence-corrected chi connectivity index (χ1v) is 11.1. The smallest absolute Gasteiger partial charge is 0.316 e. The Morgan fingerprint density at radius 3 is 2.61 bits per heavy atom. The maximum atomic E-state index is 12.7. The number of aromatic amines is 1. The van der Waals surface area contributed by atoms with E-state index in [9.17, 15) is 14.4 Å². The van der Waals surface area contributed by atoms with E-state index >= 15 is 0 Å². The molecule has 0 aliphatic carbocycles. The number of carbonyl (C=O) groups excluding carboxylic acids is 3. The zero-order chi connectivity index (χ0) is 23.7. The molecule has 33 heavy (non-hydrogen) atoms. The predicted octanol–water partition coefficient (Wildman–Crippen LogP) is 2.32. The average Bonchev–Trinajstić information content (AvgIpc) is 3.21. The minimum atomic E-state index is -0.663. The number of anilines is 2. The average molecular weight is 451 g/mol. The van der Waals surface area contributed by atoms with E-state index in [0.717, 1.165) is 48.7 Å². The van der Waals surface area contributed by atoms with E-state index in [0.29, 0.717) is 35.4 Å². The number of hydrogen-bond donors (Lipinski definition) is 4. The van der Waals surface area contributed by atoms with E-state index in [2.05, 4.69) is 27.6 Å². The van der Waals surface area contributed by atoms with Gasteiger partial charge in [0.25, 0.3) is 5.91 Å². The molecule has 3 heterocycles.